The average Bonchev–Trinajstić information content (AvgIpc) is 3.19. The van der Waals surface area contributed by atoms with Gasteiger partial charge in [0.15, 0.2) is 5.06 Å². The number of ether oxygens (including phenoxy) is 1. The lowest BCUT2D eigenvalue weighted by atomic mass is 10.1. The van der Waals surface area contributed by atoms with Crippen molar-refractivity contribution >= 4 is 17.2 Å². The molecular weight excluding hydrogens is 320 g/mol. The Morgan fingerprint density at radius 3 is 2.83 bits per heavy atom. The molecule has 4 nitrogen and oxygen atoms in total. The maximum Gasteiger partial charge on any atom is 0.223 e. The normalized spacial score (nSPS) is 18.2. The molecule has 1 saturated heterocycles. The summed E-state index contributed by atoms with van der Waals surface area (Å²) in [6, 6.07) is 2.16. The maximum atomic E-state index is 12.3. The molecule has 2 aliphatic rings. The number of rotatable bonds is 7. The molecule has 1 fully saturated rings. The van der Waals surface area contributed by atoms with E-state index in [9.17, 15) is 4.79 Å². The molecule has 0 bridgehead atoms. The van der Waals surface area contributed by atoms with Gasteiger partial charge in [-0.05, 0) is 56.3 Å². The molecule has 0 spiro atoms. The first-order valence-electron chi connectivity index (χ1n) is 9.36. The number of amides is 1. The largest absolute Gasteiger partial charge is 0.484 e. The van der Waals surface area contributed by atoms with Gasteiger partial charge in [0.2, 0.25) is 5.91 Å². The molecule has 0 saturated carbocycles. The Labute approximate surface area is 149 Å². The Balaban J connectivity index is 1.45. The zero-order valence-electron chi connectivity index (χ0n) is 15.1. The van der Waals surface area contributed by atoms with E-state index in [1.165, 1.54) is 36.4 Å². The molecule has 3 heterocycles. The van der Waals surface area contributed by atoms with Gasteiger partial charge in [0.05, 0.1) is 6.61 Å². The number of likely N-dealkylation sites (tertiary alicyclic amines) is 1. The van der Waals surface area contributed by atoms with E-state index in [4.69, 9.17) is 4.74 Å². The van der Waals surface area contributed by atoms with Crippen LogP contribution in [-0.4, -0.2) is 48.5 Å². The van der Waals surface area contributed by atoms with Gasteiger partial charge in [-0.3, -0.25) is 4.79 Å². The minimum Gasteiger partial charge on any atom is -0.484 e. The topological polar surface area (TPSA) is 32.8 Å². The minimum atomic E-state index is 0.287. The highest BCUT2D eigenvalue weighted by atomic mass is 32.1. The molecule has 0 aliphatic carbocycles. The molecule has 0 atom stereocenters. The highest BCUT2D eigenvalue weighted by Crippen LogP contribution is 2.33. The van der Waals surface area contributed by atoms with Crippen LogP contribution in [0.5, 0.6) is 5.06 Å². The van der Waals surface area contributed by atoms with Gasteiger partial charge in [-0.1, -0.05) is 13.8 Å². The summed E-state index contributed by atoms with van der Waals surface area (Å²) in [4.78, 5) is 18.2. The van der Waals surface area contributed by atoms with Crippen LogP contribution in [0.4, 0.5) is 0 Å². The summed E-state index contributed by atoms with van der Waals surface area (Å²) in [6.45, 7) is 10.3. The van der Waals surface area contributed by atoms with Crippen LogP contribution in [0.25, 0.3) is 0 Å². The third-order valence-corrected chi connectivity index (χ3v) is 5.99. The number of thiophene rings is 1. The lowest BCUT2D eigenvalue weighted by Gasteiger charge is -2.27. The zero-order valence-corrected chi connectivity index (χ0v) is 15.9. The van der Waals surface area contributed by atoms with E-state index in [0.717, 1.165) is 44.1 Å². The van der Waals surface area contributed by atoms with Crippen LogP contribution < -0.4 is 4.74 Å². The first-order valence-corrected chi connectivity index (χ1v) is 10.2. The third kappa shape index (κ3) is 4.73. The van der Waals surface area contributed by atoms with Gasteiger partial charge in [0, 0.05) is 30.9 Å². The van der Waals surface area contributed by atoms with E-state index in [0.29, 0.717) is 12.3 Å². The van der Waals surface area contributed by atoms with E-state index < -0.39 is 0 Å². The summed E-state index contributed by atoms with van der Waals surface area (Å²) in [6.07, 6.45) is 5.43. The molecule has 0 unspecified atom stereocenters. The molecular formula is C19H30N2O2S. The highest BCUT2D eigenvalue weighted by molar-refractivity contribution is 7.14. The van der Waals surface area contributed by atoms with Crippen molar-refractivity contribution in [2.24, 2.45) is 5.92 Å². The van der Waals surface area contributed by atoms with Crippen molar-refractivity contribution in [2.75, 3.05) is 32.8 Å². The molecule has 0 radical (unpaired) electrons. The predicted octanol–water partition coefficient (Wildman–Crippen LogP) is 3.54. The van der Waals surface area contributed by atoms with Crippen LogP contribution >= 0.6 is 11.3 Å². The Morgan fingerprint density at radius 2 is 2.08 bits per heavy atom. The van der Waals surface area contributed by atoms with Crippen LogP contribution in [0.1, 0.15) is 50.0 Å². The summed E-state index contributed by atoms with van der Waals surface area (Å²) in [5, 5.41) is 1.03. The quantitative estimate of drug-likeness (QED) is 0.705. The fourth-order valence-corrected chi connectivity index (χ4v) is 4.57. The van der Waals surface area contributed by atoms with Crippen LogP contribution in [0, 0.1) is 5.92 Å². The van der Waals surface area contributed by atoms with Crippen molar-refractivity contribution in [1.82, 2.24) is 9.80 Å². The third-order valence-electron chi connectivity index (χ3n) is 4.84. The van der Waals surface area contributed by atoms with Crippen molar-refractivity contribution in [2.45, 2.75) is 52.5 Å². The SMILES string of the molecule is CC(C)CC(=O)N1CCc2sc(OCCCN3CCCC3)cc2C1. The number of fused-ring (bicyclic) bond motifs is 1. The Kier molecular flexibility index (Phi) is 6.17. The molecule has 3 rings (SSSR count). The van der Waals surface area contributed by atoms with Gasteiger partial charge in [-0.2, -0.15) is 0 Å². The zero-order chi connectivity index (χ0) is 16.9. The smallest absolute Gasteiger partial charge is 0.223 e. The van der Waals surface area contributed by atoms with Crippen LogP contribution in [0.2, 0.25) is 0 Å². The summed E-state index contributed by atoms with van der Waals surface area (Å²) in [5.74, 6) is 0.714. The maximum absolute atomic E-state index is 12.3. The van der Waals surface area contributed by atoms with Crippen molar-refractivity contribution in [3.8, 4) is 5.06 Å². The monoisotopic (exact) mass is 350 g/mol. The summed E-state index contributed by atoms with van der Waals surface area (Å²) in [5.41, 5.74) is 1.29. The minimum absolute atomic E-state index is 0.287. The summed E-state index contributed by atoms with van der Waals surface area (Å²) < 4.78 is 5.97. The molecule has 5 heteroatoms. The van der Waals surface area contributed by atoms with E-state index >= 15 is 0 Å². The van der Waals surface area contributed by atoms with Gasteiger partial charge in [0.25, 0.3) is 0 Å². The van der Waals surface area contributed by atoms with Gasteiger partial charge < -0.3 is 14.5 Å². The van der Waals surface area contributed by atoms with Crippen molar-refractivity contribution < 1.29 is 9.53 Å². The number of carbonyl (C=O) groups excluding carboxylic acids is 1. The average molecular weight is 351 g/mol. The number of hydrogen-bond acceptors (Lipinski definition) is 4. The van der Waals surface area contributed by atoms with Crippen molar-refractivity contribution in [3.05, 3.63) is 16.5 Å². The molecule has 1 aromatic heterocycles. The fraction of sp³-hybridized carbons (Fsp3) is 0.737. The van der Waals surface area contributed by atoms with Crippen molar-refractivity contribution in [1.29, 1.82) is 0 Å². The van der Waals surface area contributed by atoms with Gasteiger partial charge in [0.1, 0.15) is 0 Å². The number of carbonyl (C=O) groups is 1. The standard InChI is InChI=1S/C19H30N2O2S/c1-15(2)12-18(22)21-10-6-17-16(14-21)13-19(24-17)23-11-5-9-20-7-3-4-8-20/h13,15H,3-12,14H2,1-2H3. The fourth-order valence-electron chi connectivity index (χ4n) is 3.54. The van der Waals surface area contributed by atoms with Crippen LogP contribution in [0.15, 0.2) is 6.07 Å². The van der Waals surface area contributed by atoms with E-state index in [1.54, 1.807) is 11.3 Å². The Bertz CT molecular complexity index is 550. The first kappa shape index (κ1) is 17.7. The van der Waals surface area contributed by atoms with Crippen LogP contribution in [-0.2, 0) is 17.8 Å². The second-order valence-corrected chi connectivity index (χ2v) is 8.53. The van der Waals surface area contributed by atoms with E-state index in [2.05, 4.69) is 24.8 Å². The second-order valence-electron chi connectivity index (χ2n) is 7.43. The van der Waals surface area contributed by atoms with Gasteiger partial charge in [-0.15, -0.1) is 11.3 Å². The molecule has 134 valence electrons. The first-order chi connectivity index (χ1) is 11.6. The van der Waals surface area contributed by atoms with Crippen molar-refractivity contribution in [3.63, 3.8) is 0 Å². The number of hydrogen-bond donors (Lipinski definition) is 0. The lowest BCUT2D eigenvalue weighted by molar-refractivity contribution is -0.132. The molecule has 2 aliphatic heterocycles. The molecule has 0 N–H and O–H groups in total. The molecule has 1 amide bonds. The number of nitrogens with zero attached hydrogens (tertiary/aromatic N) is 2. The molecule has 0 aromatic carbocycles. The summed E-state index contributed by atoms with van der Waals surface area (Å²) >= 11 is 1.77. The highest BCUT2D eigenvalue weighted by Gasteiger charge is 2.23. The molecule has 1 aromatic rings. The summed E-state index contributed by atoms with van der Waals surface area (Å²) in [7, 11) is 0. The second kappa shape index (κ2) is 8.34. The lowest BCUT2D eigenvalue weighted by Crippen LogP contribution is -2.35. The Hall–Kier alpha value is -1.07. The van der Waals surface area contributed by atoms with Gasteiger partial charge >= 0.3 is 0 Å². The van der Waals surface area contributed by atoms with Gasteiger partial charge in [-0.25, -0.2) is 0 Å². The Morgan fingerprint density at radius 1 is 1.29 bits per heavy atom. The van der Waals surface area contributed by atoms with Crippen LogP contribution in [0.3, 0.4) is 0 Å². The van der Waals surface area contributed by atoms with E-state index in [-0.39, 0.29) is 5.91 Å². The predicted molar refractivity (Wildman–Crippen MR) is 98.7 cm³/mol. The van der Waals surface area contributed by atoms with E-state index in [1.807, 2.05) is 4.90 Å². The molecule has 24 heavy (non-hydrogen) atoms.